The van der Waals surface area contributed by atoms with Crippen molar-refractivity contribution in [1.29, 1.82) is 0 Å². The number of aromatic amines is 1. The van der Waals surface area contributed by atoms with Crippen molar-refractivity contribution in [2.75, 3.05) is 0 Å². The van der Waals surface area contributed by atoms with Gasteiger partial charge < -0.3 is 19.6 Å². The number of hydrogen-bond donors (Lipinski definition) is 2. The number of hydrogen-bond acceptors (Lipinski definition) is 4. The molecule has 0 aliphatic heterocycles. The SMILES string of the molecule is O=C(NC(c1ccccc1)c1c[nH]c2cc(Cl)ccc2c1=O)Oc1ccn(Cc2ccc(Cl)cc2)c(=O)c1. The van der Waals surface area contributed by atoms with Crippen molar-refractivity contribution in [2.45, 2.75) is 12.6 Å². The highest BCUT2D eigenvalue weighted by Crippen LogP contribution is 2.23. The molecule has 0 aliphatic carbocycles. The van der Waals surface area contributed by atoms with Crippen LogP contribution in [0.3, 0.4) is 0 Å². The fourth-order valence-corrected chi connectivity index (χ4v) is 4.43. The zero-order valence-corrected chi connectivity index (χ0v) is 21.4. The molecule has 5 aromatic rings. The predicted molar refractivity (Wildman–Crippen MR) is 148 cm³/mol. The zero-order chi connectivity index (χ0) is 26.6. The number of carbonyl (C=O) groups is 1. The average Bonchev–Trinajstić information content (AvgIpc) is 2.91. The summed E-state index contributed by atoms with van der Waals surface area (Å²) in [7, 11) is 0. The first-order chi connectivity index (χ1) is 18.4. The molecule has 1 atom stereocenters. The fourth-order valence-electron chi connectivity index (χ4n) is 4.14. The van der Waals surface area contributed by atoms with E-state index >= 15 is 0 Å². The van der Waals surface area contributed by atoms with Crippen LogP contribution in [-0.2, 0) is 6.54 Å². The van der Waals surface area contributed by atoms with Gasteiger partial charge in [-0.15, -0.1) is 0 Å². The van der Waals surface area contributed by atoms with Crippen LogP contribution in [0.4, 0.5) is 4.79 Å². The molecular weight excluding hydrogens is 525 g/mol. The van der Waals surface area contributed by atoms with E-state index in [-0.39, 0.29) is 16.7 Å². The number of nitrogens with zero attached hydrogens (tertiary/aromatic N) is 1. The van der Waals surface area contributed by atoms with Gasteiger partial charge in [-0.25, -0.2) is 4.79 Å². The lowest BCUT2D eigenvalue weighted by Gasteiger charge is -2.19. The van der Waals surface area contributed by atoms with E-state index in [0.29, 0.717) is 38.6 Å². The number of halogens is 2. The molecule has 0 fully saturated rings. The fraction of sp³-hybridized carbons (Fsp3) is 0.0690. The van der Waals surface area contributed by atoms with E-state index in [1.807, 2.05) is 30.3 Å². The Morgan fingerprint density at radius 2 is 1.66 bits per heavy atom. The molecule has 0 spiro atoms. The Kier molecular flexibility index (Phi) is 7.31. The van der Waals surface area contributed by atoms with Crippen molar-refractivity contribution in [3.8, 4) is 5.75 Å². The first-order valence-corrected chi connectivity index (χ1v) is 12.4. The molecule has 190 valence electrons. The maximum Gasteiger partial charge on any atom is 0.413 e. The molecule has 0 bridgehead atoms. The molecule has 0 aliphatic rings. The van der Waals surface area contributed by atoms with Gasteiger partial charge in [-0.2, -0.15) is 0 Å². The van der Waals surface area contributed by atoms with Crippen LogP contribution in [0.1, 0.15) is 22.7 Å². The van der Waals surface area contributed by atoms with Gasteiger partial charge in [0.1, 0.15) is 5.75 Å². The van der Waals surface area contributed by atoms with Crippen molar-refractivity contribution in [3.63, 3.8) is 0 Å². The van der Waals surface area contributed by atoms with Gasteiger partial charge in [-0.1, -0.05) is 65.7 Å². The Labute approximate surface area is 227 Å². The molecule has 2 aromatic heterocycles. The van der Waals surface area contributed by atoms with Crippen molar-refractivity contribution >= 4 is 40.2 Å². The smallest absolute Gasteiger partial charge is 0.410 e. The molecule has 0 radical (unpaired) electrons. The second kappa shape index (κ2) is 11.0. The Hall–Kier alpha value is -4.33. The number of rotatable bonds is 6. The number of nitrogens with one attached hydrogen (secondary N) is 2. The predicted octanol–water partition coefficient (Wildman–Crippen LogP) is 5.92. The lowest BCUT2D eigenvalue weighted by atomic mass is 9.98. The lowest BCUT2D eigenvalue weighted by Crippen LogP contribution is -2.34. The van der Waals surface area contributed by atoms with Crippen LogP contribution in [0.25, 0.3) is 10.9 Å². The van der Waals surface area contributed by atoms with Gasteiger partial charge in [0.25, 0.3) is 5.56 Å². The minimum atomic E-state index is -0.815. The van der Waals surface area contributed by atoms with Crippen LogP contribution >= 0.6 is 23.2 Å². The molecule has 9 heteroatoms. The maximum atomic E-state index is 13.3. The largest absolute Gasteiger partial charge is 0.413 e. The number of aromatic nitrogens is 2. The van der Waals surface area contributed by atoms with Crippen molar-refractivity contribution in [2.24, 2.45) is 0 Å². The molecule has 1 unspecified atom stereocenters. The minimum absolute atomic E-state index is 0.0775. The molecule has 5 rings (SSSR count). The molecule has 7 nitrogen and oxygen atoms in total. The topological polar surface area (TPSA) is 93.2 Å². The summed E-state index contributed by atoms with van der Waals surface area (Å²) >= 11 is 12.0. The highest BCUT2D eigenvalue weighted by molar-refractivity contribution is 6.31. The second-order valence-corrected chi connectivity index (χ2v) is 9.47. The van der Waals surface area contributed by atoms with Gasteiger partial charge in [0.05, 0.1) is 18.1 Å². The Morgan fingerprint density at radius 3 is 2.39 bits per heavy atom. The van der Waals surface area contributed by atoms with E-state index in [4.69, 9.17) is 27.9 Å². The van der Waals surface area contributed by atoms with E-state index in [0.717, 1.165) is 5.56 Å². The summed E-state index contributed by atoms with van der Waals surface area (Å²) < 4.78 is 6.91. The van der Waals surface area contributed by atoms with Crippen molar-refractivity contribution < 1.29 is 9.53 Å². The number of benzene rings is 3. The van der Waals surface area contributed by atoms with Gasteiger partial charge in [0.2, 0.25) is 0 Å². The number of carbonyl (C=O) groups excluding carboxylic acids is 1. The molecule has 1 amide bonds. The standard InChI is InChI=1S/C29H21Cl2N3O4/c30-20-8-6-18(7-9-20)17-34-13-12-22(15-26(34)35)38-29(37)33-27(19-4-2-1-3-5-19)24-16-32-25-14-21(31)10-11-23(25)28(24)36/h1-16,27H,17H2,(H,32,36)(H,33,37). The van der Waals surface area contributed by atoms with E-state index in [2.05, 4.69) is 10.3 Å². The highest BCUT2D eigenvalue weighted by Gasteiger charge is 2.22. The third kappa shape index (κ3) is 5.64. The van der Waals surface area contributed by atoms with Crippen LogP contribution in [0.2, 0.25) is 10.0 Å². The maximum absolute atomic E-state index is 13.3. The first kappa shape index (κ1) is 25.3. The van der Waals surface area contributed by atoms with Crippen LogP contribution in [0.15, 0.2) is 107 Å². The van der Waals surface area contributed by atoms with Crippen LogP contribution in [0.5, 0.6) is 5.75 Å². The third-order valence-electron chi connectivity index (χ3n) is 6.02. The van der Waals surface area contributed by atoms with E-state index in [1.54, 1.807) is 54.9 Å². The molecule has 0 saturated heterocycles. The highest BCUT2D eigenvalue weighted by atomic mass is 35.5. The Bertz CT molecular complexity index is 1730. The van der Waals surface area contributed by atoms with E-state index < -0.39 is 12.1 Å². The quantitative estimate of drug-likeness (QED) is 0.277. The van der Waals surface area contributed by atoms with Crippen molar-refractivity contribution in [3.05, 3.63) is 145 Å². The molecule has 2 heterocycles. The molecule has 3 aromatic carbocycles. The van der Waals surface area contributed by atoms with Crippen LogP contribution in [-0.4, -0.2) is 15.6 Å². The van der Waals surface area contributed by atoms with Crippen LogP contribution in [0, 0.1) is 0 Å². The van der Waals surface area contributed by atoms with Gasteiger partial charge in [0.15, 0.2) is 5.43 Å². The van der Waals surface area contributed by atoms with Gasteiger partial charge in [-0.05, 0) is 47.5 Å². The van der Waals surface area contributed by atoms with Gasteiger partial charge in [0, 0.05) is 39.5 Å². The number of fused-ring (bicyclic) bond motifs is 1. The summed E-state index contributed by atoms with van der Waals surface area (Å²) in [5.74, 6) is 0.0775. The summed E-state index contributed by atoms with van der Waals surface area (Å²) in [6, 6.07) is 23.1. The van der Waals surface area contributed by atoms with Crippen LogP contribution < -0.4 is 21.0 Å². The Morgan fingerprint density at radius 1 is 0.921 bits per heavy atom. The monoisotopic (exact) mass is 545 g/mol. The first-order valence-electron chi connectivity index (χ1n) is 11.7. The molecule has 2 N–H and O–H groups in total. The number of H-pyrrole nitrogens is 1. The molecule has 0 saturated carbocycles. The van der Waals surface area contributed by atoms with E-state index in [1.165, 1.54) is 16.7 Å². The van der Waals surface area contributed by atoms with Crippen molar-refractivity contribution in [1.82, 2.24) is 14.9 Å². The summed E-state index contributed by atoms with van der Waals surface area (Å²) in [5, 5.41) is 4.31. The zero-order valence-electron chi connectivity index (χ0n) is 19.9. The van der Waals surface area contributed by atoms with Gasteiger partial charge in [-0.3, -0.25) is 9.59 Å². The molecular formula is C29H21Cl2N3O4. The normalized spacial score (nSPS) is 11.7. The third-order valence-corrected chi connectivity index (χ3v) is 6.51. The Balaban J connectivity index is 1.38. The average molecular weight is 546 g/mol. The summed E-state index contributed by atoms with van der Waals surface area (Å²) in [4.78, 5) is 42.0. The summed E-state index contributed by atoms with van der Waals surface area (Å²) in [6.45, 7) is 0.342. The second-order valence-electron chi connectivity index (χ2n) is 8.60. The number of pyridine rings is 2. The van der Waals surface area contributed by atoms with Gasteiger partial charge >= 0.3 is 6.09 Å². The number of ether oxygens (including phenoxy) is 1. The minimum Gasteiger partial charge on any atom is -0.410 e. The summed E-state index contributed by atoms with van der Waals surface area (Å²) in [6.07, 6.45) is 2.29. The lowest BCUT2D eigenvalue weighted by molar-refractivity contribution is 0.197. The molecule has 38 heavy (non-hydrogen) atoms. The summed E-state index contributed by atoms with van der Waals surface area (Å²) in [5.41, 5.74) is 1.89. The van der Waals surface area contributed by atoms with E-state index in [9.17, 15) is 14.4 Å². The number of amides is 1.